The lowest BCUT2D eigenvalue weighted by Gasteiger charge is -2.26. The molecular formula is C25H24N4O. The molecule has 3 aromatic rings. The van der Waals surface area contributed by atoms with Crippen LogP contribution in [-0.2, 0) is 6.54 Å². The van der Waals surface area contributed by atoms with Crippen molar-refractivity contribution in [3.05, 3.63) is 83.7 Å². The fourth-order valence-electron chi connectivity index (χ4n) is 3.85. The average Bonchev–Trinajstić information content (AvgIpc) is 2.80. The molecule has 1 N–H and O–H groups in total. The summed E-state index contributed by atoms with van der Waals surface area (Å²) in [6, 6.07) is 21.1. The third kappa shape index (κ3) is 4.56. The summed E-state index contributed by atoms with van der Waals surface area (Å²) in [5, 5.41) is 12.6. The van der Waals surface area contributed by atoms with Crippen LogP contribution in [0.2, 0.25) is 0 Å². The first kappa shape index (κ1) is 19.8. The van der Waals surface area contributed by atoms with Crippen molar-refractivity contribution in [1.82, 2.24) is 9.88 Å². The molecule has 5 heteroatoms. The Hall–Kier alpha value is -3.49. The number of anilines is 1. The molecule has 2 heterocycles. The van der Waals surface area contributed by atoms with Crippen LogP contribution in [0.1, 0.15) is 40.9 Å². The number of nitrogens with one attached hydrogen (secondary N) is 1. The Morgan fingerprint density at radius 3 is 2.50 bits per heavy atom. The molecule has 2 aromatic carbocycles. The zero-order chi connectivity index (χ0) is 20.8. The number of pyridine rings is 1. The molecule has 0 unspecified atom stereocenters. The fraction of sp³-hybridized carbons (Fsp3) is 0.240. The predicted molar refractivity (Wildman–Crippen MR) is 118 cm³/mol. The van der Waals surface area contributed by atoms with Crippen molar-refractivity contribution in [3.63, 3.8) is 0 Å². The van der Waals surface area contributed by atoms with Gasteiger partial charge in [0.2, 0.25) is 0 Å². The van der Waals surface area contributed by atoms with Gasteiger partial charge >= 0.3 is 0 Å². The highest BCUT2D eigenvalue weighted by molar-refractivity contribution is 6.04. The summed E-state index contributed by atoms with van der Waals surface area (Å²) < 4.78 is 0. The summed E-state index contributed by atoms with van der Waals surface area (Å²) in [6.45, 7) is 3.11. The van der Waals surface area contributed by atoms with E-state index in [2.05, 4.69) is 21.3 Å². The first-order chi connectivity index (χ1) is 14.7. The van der Waals surface area contributed by atoms with Crippen LogP contribution in [0.15, 0.2) is 66.9 Å². The molecule has 1 aliphatic rings. The lowest BCUT2D eigenvalue weighted by molar-refractivity contribution is 0.102. The molecule has 1 saturated heterocycles. The highest BCUT2D eigenvalue weighted by atomic mass is 16.1. The van der Waals surface area contributed by atoms with Crippen LogP contribution in [-0.4, -0.2) is 28.9 Å². The normalized spacial score (nSPS) is 14.1. The second-order valence-electron chi connectivity index (χ2n) is 7.55. The summed E-state index contributed by atoms with van der Waals surface area (Å²) in [5.41, 5.74) is 4.11. The van der Waals surface area contributed by atoms with E-state index >= 15 is 0 Å². The highest BCUT2D eigenvalue weighted by Crippen LogP contribution is 2.28. The maximum Gasteiger partial charge on any atom is 0.274 e. The third-order valence-corrected chi connectivity index (χ3v) is 5.42. The summed E-state index contributed by atoms with van der Waals surface area (Å²) in [7, 11) is 0. The molecule has 0 saturated carbocycles. The van der Waals surface area contributed by atoms with Gasteiger partial charge in [-0.25, -0.2) is 0 Å². The molecule has 1 aromatic heterocycles. The van der Waals surface area contributed by atoms with Crippen molar-refractivity contribution in [3.8, 4) is 17.2 Å². The predicted octanol–water partition coefficient (Wildman–Crippen LogP) is 4.86. The van der Waals surface area contributed by atoms with Crippen LogP contribution in [0.3, 0.4) is 0 Å². The Kier molecular flexibility index (Phi) is 6.17. The zero-order valence-electron chi connectivity index (χ0n) is 16.8. The van der Waals surface area contributed by atoms with Crippen molar-refractivity contribution in [2.75, 3.05) is 18.4 Å². The van der Waals surface area contributed by atoms with Gasteiger partial charge in [0.15, 0.2) is 0 Å². The average molecular weight is 396 g/mol. The SMILES string of the molecule is N#Cc1c(NC(=O)c2ccc(CN3CCCCC3)cn2)cccc1-c1ccccc1. The van der Waals surface area contributed by atoms with E-state index in [0.717, 1.165) is 36.3 Å². The summed E-state index contributed by atoms with van der Waals surface area (Å²) in [4.78, 5) is 19.5. The number of hydrogen-bond acceptors (Lipinski definition) is 4. The van der Waals surface area contributed by atoms with Crippen LogP contribution >= 0.6 is 0 Å². The van der Waals surface area contributed by atoms with Gasteiger partial charge in [0.25, 0.3) is 5.91 Å². The first-order valence-electron chi connectivity index (χ1n) is 10.3. The van der Waals surface area contributed by atoms with E-state index in [1.54, 1.807) is 18.3 Å². The molecule has 4 rings (SSSR count). The van der Waals surface area contributed by atoms with Gasteiger partial charge in [0.05, 0.1) is 11.3 Å². The topological polar surface area (TPSA) is 69.0 Å². The number of nitriles is 1. The number of likely N-dealkylation sites (tertiary alicyclic amines) is 1. The maximum absolute atomic E-state index is 12.7. The molecule has 1 amide bonds. The molecule has 30 heavy (non-hydrogen) atoms. The number of aromatic nitrogens is 1. The van der Waals surface area contributed by atoms with Crippen molar-refractivity contribution >= 4 is 11.6 Å². The number of nitrogens with zero attached hydrogens (tertiary/aromatic N) is 3. The largest absolute Gasteiger partial charge is 0.319 e. The molecule has 5 nitrogen and oxygen atoms in total. The molecule has 1 fully saturated rings. The van der Waals surface area contributed by atoms with Gasteiger partial charge in [0, 0.05) is 18.3 Å². The van der Waals surface area contributed by atoms with Gasteiger partial charge in [-0.15, -0.1) is 0 Å². The maximum atomic E-state index is 12.7. The van der Waals surface area contributed by atoms with Crippen molar-refractivity contribution in [2.24, 2.45) is 0 Å². The third-order valence-electron chi connectivity index (χ3n) is 5.42. The van der Waals surface area contributed by atoms with E-state index in [1.165, 1.54) is 19.3 Å². The molecule has 0 atom stereocenters. The number of piperidine rings is 1. The number of carbonyl (C=O) groups excluding carboxylic acids is 1. The van der Waals surface area contributed by atoms with Crippen LogP contribution < -0.4 is 5.32 Å². The Morgan fingerprint density at radius 1 is 1.00 bits per heavy atom. The minimum Gasteiger partial charge on any atom is -0.319 e. The standard InChI is InChI=1S/C25H24N4O/c26-16-22-21(20-8-3-1-4-9-20)10-7-11-23(22)28-25(30)24-13-12-19(17-27-24)18-29-14-5-2-6-15-29/h1,3-4,7-13,17H,2,5-6,14-15,18H2,(H,28,30). The molecule has 150 valence electrons. The van der Waals surface area contributed by atoms with Crippen LogP contribution in [0, 0.1) is 11.3 Å². The van der Waals surface area contributed by atoms with E-state index in [-0.39, 0.29) is 5.91 Å². The van der Waals surface area contributed by atoms with Gasteiger partial charge in [-0.05, 0) is 49.2 Å². The molecular weight excluding hydrogens is 372 g/mol. The number of hydrogen-bond donors (Lipinski definition) is 1. The van der Waals surface area contributed by atoms with Gasteiger partial charge < -0.3 is 5.32 Å². The van der Waals surface area contributed by atoms with E-state index in [4.69, 9.17) is 0 Å². The molecule has 0 aliphatic carbocycles. The number of amides is 1. The van der Waals surface area contributed by atoms with Gasteiger partial charge in [-0.1, -0.05) is 55.0 Å². The Bertz CT molecular complexity index is 1050. The first-order valence-corrected chi connectivity index (χ1v) is 10.3. The second kappa shape index (κ2) is 9.34. The number of rotatable bonds is 5. The minimum atomic E-state index is -0.318. The van der Waals surface area contributed by atoms with E-state index < -0.39 is 0 Å². The van der Waals surface area contributed by atoms with Crippen LogP contribution in [0.4, 0.5) is 5.69 Å². The zero-order valence-corrected chi connectivity index (χ0v) is 16.8. The minimum absolute atomic E-state index is 0.318. The van der Waals surface area contributed by atoms with Crippen molar-refractivity contribution < 1.29 is 4.79 Å². The van der Waals surface area contributed by atoms with Crippen LogP contribution in [0.25, 0.3) is 11.1 Å². The smallest absolute Gasteiger partial charge is 0.274 e. The Labute approximate surface area is 177 Å². The van der Waals surface area contributed by atoms with Gasteiger partial charge in [0.1, 0.15) is 11.8 Å². The Morgan fingerprint density at radius 2 is 1.80 bits per heavy atom. The second-order valence-corrected chi connectivity index (χ2v) is 7.55. The van der Waals surface area contributed by atoms with E-state index in [9.17, 15) is 10.1 Å². The van der Waals surface area contributed by atoms with Crippen LogP contribution in [0.5, 0.6) is 0 Å². The number of benzene rings is 2. The van der Waals surface area contributed by atoms with E-state index in [0.29, 0.717) is 16.9 Å². The van der Waals surface area contributed by atoms with E-state index in [1.807, 2.05) is 48.5 Å². The molecule has 0 radical (unpaired) electrons. The van der Waals surface area contributed by atoms with Crippen molar-refractivity contribution in [1.29, 1.82) is 5.26 Å². The summed E-state index contributed by atoms with van der Waals surface area (Å²) in [6.07, 6.45) is 5.58. The summed E-state index contributed by atoms with van der Waals surface area (Å²) in [5.74, 6) is -0.318. The highest BCUT2D eigenvalue weighted by Gasteiger charge is 2.15. The number of carbonyl (C=O) groups is 1. The lowest BCUT2D eigenvalue weighted by Crippen LogP contribution is -2.29. The quantitative estimate of drug-likeness (QED) is 0.669. The molecule has 1 aliphatic heterocycles. The fourth-order valence-corrected chi connectivity index (χ4v) is 3.85. The lowest BCUT2D eigenvalue weighted by atomic mass is 9.99. The summed E-state index contributed by atoms with van der Waals surface area (Å²) >= 11 is 0. The van der Waals surface area contributed by atoms with Gasteiger partial charge in [-0.2, -0.15) is 5.26 Å². The van der Waals surface area contributed by atoms with Crippen molar-refractivity contribution in [2.45, 2.75) is 25.8 Å². The monoisotopic (exact) mass is 396 g/mol. The van der Waals surface area contributed by atoms with Gasteiger partial charge in [-0.3, -0.25) is 14.7 Å². The molecule has 0 bridgehead atoms. The Balaban J connectivity index is 1.49. The molecule has 0 spiro atoms.